The van der Waals surface area contributed by atoms with Crippen molar-refractivity contribution >= 4 is 40.6 Å². The van der Waals surface area contributed by atoms with Gasteiger partial charge in [-0.15, -0.1) is 0 Å². The quantitative estimate of drug-likeness (QED) is 0.521. The van der Waals surface area contributed by atoms with E-state index >= 15 is 0 Å². The molecule has 0 aromatic heterocycles. The van der Waals surface area contributed by atoms with Crippen LogP contribution in [0, 0.1) is 0 Å². The van der Waals surface area contributed by atoms with E-state index in [1.807, 2.05) is 0 Å². The second kappa shape index (κ2) is 5.85. The summed E-state index contributed by atoms with van der Waals surface area (Å²) >= 11 is -1.92. The van der Waals surface area contributed by atoms with Gasteiger partial charge in [0.1, 0.15) is 0 Å². The summed E-state index contributed by atoms with van der Waals surface area (Å²) in [6, 6.07) is 6.26. The first-order valence-electron chi connectivity index (χ1n) is 3.04. The molecule has 1 rings (SSSR count). The van der Waals surface area contributed by atoms with Crippen LogP contribution in [0.4, 0.5) is 0 Å². The standard InChI is InChI=1S/C7H8O3S.Na.H/c8-5-6-1-3-7(4-2-6)11(9)10;;/h1-4,8H,5H2,(H,9,10);;. The van der Waals surface area contributed by atoms with Gasteiger partial charge in [0.05, 0.1) is 11.5 Å². The number of aliphatic hydroxyl groups excluding tert-OH is 1. The summed E-state index contributed by atoms with van der Waals surface area (Å²) in [5.74, 6) is 0. The predicted molar refractivity (Wildman–Crippen MR) is 48.6 cm³/mol. The molecule has 0 amide bonds. The van der Waals surface area contributed by atoms with Crippen LogP contribution in [0.15, 0.2) is 29.2 Å². The molecule has 0 radical (unpaired) electrons. The van der Waals surface area contributed by atoms with Crippen molar-refractivity contribution in [1.82, 2.24) is 0 Å². The monoisotopic (exact) mass is 196 g/mol. The number of hydrogen-bond donors (Lipinski definition) is 2. The van der Waals surface area contributed by atoms with Crippen LogP contribution >= 0.6 is 0 Å². The van der Waals surface area contributed by atoms with Gasteiger partial charge in [0.2, 0.25) is 0 Å². The van der Waals surface area contributed by atoms with Crippen molar-refractivity contribution in [1.29, 1.82) is 0 Å². The molecule has 12 heavy (non-hydrogen) atoms. The number of rotatable bonds is 2. The van der Waals surface area contributed by atoms with E-state index < -0.39 is 11.1 Å². The van der Waals surface area contributed by atoms with E-state index in [-0.39, 0.29) is 36.2 Å². The second-order valence-corrected chi connectivity index (χ2v) is 3.02. The summed E-state index contributed by atoms with van der Waals surface area (Å²) in [6.07, 6.45) is 0. The SMILES string of the molecule is O=S(O)c1ccc(CO)cc1.[NaH]. The Balaban J connectivity index is 0.00000121. The van der Waals surface area contributed by atoms with Gasteiger partial charge in [-0.05, 0) is 17.7 Å². The van der Waals surface area contributed by atoms with E-state index in [4.69, 9.17) is 9.66 Å². The zero-order valence-electron chi connectivity index (χ0n) is 5.73. The van der Waals surface area contributed by atoms with Crippen molar-refractivity contribution in [2.24, 2.45) is 0 Å². The van der Waals surface area contributed by atoms with E-state index in [1.165, 1.54) is 12.1 Å². The summed E-state index contributed by atoms with van der Waals surface area (Å²) in [7, 11) is 0. The van der Waals surface area contributed by atoms with Gasteiger partial charge in [-0.3, -0.25) is 0 Å². The fourth-order valence-electron chi connectivity index (χ4n) is 0.711. The van der Waals surface area contributed by atoms with Gasteiger partial charge in [-0.1, -0.05) is 12.1 Å². The van der Waals surface area contributed by atoms with Crippen molar-refractivity contribution in [3.8, 4) is 0 Å². The van der Waals surface area contributed by atoms with Crippen LogP contribution in [0.25, 0.3) is 0 Å². The molecule has 5 heteroatoms. The molecular formula is C7H9NaO3S. The number of aliphatic hydroxyl groups is 1. The van der Waals surface area contributed by atoms with Crippen LogP contribution in [0.2, 0.25) is 0 Å². The second-order valence-electron chi connectivity index (χ2n) is 2.05. The molecule has 0 aliphatic heterocycles. The van der Waals surface area contributed by atoms with Gasteiger partial charge in [-0.25, -0.2) is 4.21 Å². The summed E-state index contributed by atoms with van der Waals surface area (Å²) in [4.78, 5) is 0.349. The first-order chi connectivity index (χ1) is 5.24. The molecule has 0 saturated heterocycles. The zero-order valence-corrected chi connectivity index (χ0v) is 6.54. The van der Waals surface area contributed by atoms with E-state index in [2.05, 4.69) is 0 Å². The third-order valence-corrected chi connectivity index (χ3v) is 1.98. The molecule has 1 aromatic carbocycles. The Bertz CT molecular complexity index is 260. The Morgan fingerprint density at radius 3 is 2.08 bits per heavy atom. The Hall–Kier alpha value is 0.290. The fraction of sp³-hybridized carbons (Fsp3) is 0.143. The number of hydrogen-bond acceptors (Lipinski definition) is 2. The van der Waals surface area contributed by atoms with Crippen LogP contribution in [0.3, 0.4) is 0 Å². The van der Waals surface area contributed by atoms with Crippen molar-refractivity contribution in [3.63, 3.8) is 0 Å². The van der Waals surface area contributed by atoms with Crippen LogP contribution in [0.5, 0.6) is 0 Å². The van der Waals surface area contributed by atoms with Crippen LogP contribution in [-0.2, 0) is 17.7 Å². The van der Waals surface area contributed by atoms with Crippen LogP contribution in [-0.4, -0.2) is 43.4 Å². The molecule has 0 fully saturated rings. The Labute approximate surface area is 95.4 Å². The van der Waals surface area contributed by atoms with Gasteiger partial charge < -0.3 is 9.66 Å². The maximum absolute atomic E-state index is 10.4. The first-order valence-corrected chi connectivity index (χ1v) is 4.15. The van der Waals surface area contributed by atoms with E-state index in [1.54, 1.807) is 12.1 Å². The summed E-state index contributed by atoms with van der Waals surface area (Å²) in [5.41, 5.74) is 0.735. The minimum absolute atomic E-state index is 0. The van der Waals surface area contributed by atoms with Crippen molar-refractivity contribution in [2.45, 2.75) is 11.5 Å². The third-order valence-electron chi connectivity index (χ3n) is 1.31. The molecule has 2 N–H and O–H groups in total. The molecule has 0 heterocycles. The molecule has 0 spiro atoms. The van der Waals surface area contributed by atoms with Crippen LogP contribution in [0.1, 0.15) is 5.56 Å². The molecule has 1 atom stereocenters. The minimum atomic E-state index is -1.92. The molecular weight excluding hydrogens is 187 g/mol. The summed E-state index contributed by atoms with van der Waals surface area (Å²) in [6.45, 7) is -0.0433. The molecule has 0 bridgehead atoms. The van der Waals surface area contributed by atoms with Gasteiger partial charge in [0.15, 0.2) is 11.1 Å². The van der Waals surface area contributed by atoms with Gasteiger partial charge in [0, 0.05) is 0 Å². The Morgan fingerprint density at radius 1 is 1.25 bits per heavy atom. The van der Waals surface area contributed by atoms with E-state index in [9.17, 15) is 4.21 Å². The molecule has 1 unspecified atom stereocenters. The fourth-order valence-corrected chi connectivity index (χ4v) is 1.08. The van der Waals surface area contributed by atoms with Crippen molar-refractivity contribution in [2.75, 3.05) is 0 Å². The Kier molecular flexibility index (Phi) is 6.00. The summed E-state index contributed by atoms with van der Waals surface area (Å²) in [5, 5.41) is 8.63. The maximum atomic E-state index is 10.4. The number of benzene rings is 1. The molecule has 0 aliphatic rings. The molecule has 62 valence electrons. The summed E-state index contributed by atoms with van der Waals surface area (Å²) < 4.78 is 19.0. The zero-order chi connectivity index (χ0) is 8.27. The average molecular weight is 196 g/mol. The topological polar surface area (TPSA) is 57.5 Å². The molecule has 3 nitrogen and oxygen atoms in total. The normalized spacial score (nSPS) is 11.8. The average Bonchev–Trinajstić information content (AvgIpc) is 2.05. The van der Waals surface area contributed by atoms with Gasteiger partial charge >= 0.3 is 29.6 Å². The molecule has 1 aromatic rings. The molecule has 0 aliphatic carbocycles. The molecule has 0 saturated carbocycles. The van der Waals surface area contributed by atoms with Crippen molar-refractivity contribution < 1.29 is 13.9 Å². The Morgan fingerprint density at radius 2 is 1.75 bits per heavy atom. The first kappa shape index (κ1) is 12.3. The third kappa shape index (κ3) is 3.35. The van der Waals surface area contributed by atoms with E-state index in [0.717, 1.165) is 5.56 Å². The van der Waals surface area contributed by atoms with Gasteiger partial charge in [-0.2, -0.15) is 0 Å². The van der Waals surface area contributed by atoms with Crippen LogP contribution < -0.4 is 0 Å². The van der Waals surface area contributed by atoms with Crippen molar-refractivity contribution in [3.05, 3.63) is 29.8 Å². The predicted octanol–water partition coefficient (Wildman–Crippen LogP) is 0.111. The van der Waals surface area contributed by atoms with Gasteiger partial charge in [0.25, 0.3) is 0 Å². The van der Waals surface area contributed by atoms with E-state index in [0.29, 0.717) is 4.90 Å².